The molecular weight excluding hydrogens is 368 g/mol. The second kappa shape index (κ2) is 9.50. The maximum Gasteiger partial charge on any atom is 0.349 e. The van der Waals surface area contributed by atoms with E-state index in [4.69, 9.17) is 11.2 Å². The summed E-state index contributed by atoms with van der Waals surface area (Å²) in [5.74, 6) is 1.23. The predicted octanol–water partition coefficient (Wildman–Crippen LogP) is 4.61. The molecule has 0 unspecified atom stereocenters. The summed E-state index contributed by atoms with van der Waals surface area (Å²) in [5.41, 5.74) is 0.430. The van der Waals surface area contributed by atoms with Crippen molar-refractivity contribution in [1.82, 2.24) is 0 Å². The molecule has 0 spiro atoms. The van der Waals surface area contributed by atoms with Crippen LogP contribution in [0, 0.1) is 12.3 Å². The molecule has 0 aliphatic rings. The minimum absolute atomic E-state index is 0.0684. The van der Waals surface area contributed by atoms with Gasteiger partial charge in [-0.1, -0.05) is 72.7 Å². The van der Waals surface area contributed by atoms with Gasteiger partial charge in [-0.15, -0.1) is 16.9 Å². The Morgan fingerprint density at radius 3 is 1.71 bits per heavy atom. The van der Waals surface area contributed by atoms with Crippen molar-refractivity contribution < 1.29 is 14.3 Å². The highest BCUT2D eigenvalue weighted by atomic mass is 32.2. The number of ketones is 1. The number of ether oxygens (including phenoxy) is 1. The van der Waals surface area contributed by atoms with E-state index in [2.05, 4.69) is 5.92 Å². The summed E-state index contributed by atoms with van der Waals surface area (Å²) in [6.45, 7) is -0.189. The van der Waals surface area contributed by atoms with Gasteiger partial charge >= 0.3 is 5.97 Å². The van der Waals surface area contributed by atoms with Crippen molar-refractivity contribution >= 4 is 27.1 Å². The van der Waals surface area contributed by atoms with Crippen LogP contribution in [0.2, 0.25) is 0 Å². The molecule has 0 amide bonds. The quantitative estimate of drug-likeness (QED) is 0.204. The summed E-state index contributed by atoms with van der Waals surface area (Å²) < 4.78 is 5.19. The lowest BCUT2D eigenvalue weighted by Gasteiger charge is -2.16. The summed E-state index contributed by atoms with van der Waals surface area (Å²) in [4.78, 5) is 28.1. The minimum atomic E-state index is -0.929. The van der Waals surface area contributed by atoms with Crippen LogP contribution in [-0.2, 0) is 9.53 Å². The average molecular weight is 386 g/mol. The Bertz CT molecular complexity index is 992. The number of carbonyl (C=O) groups excluding carboxylic acids is 2. The molecule has 0 N–H and O–H groups in total. The number of hydrogen-bond acceptors (Lipinski definition) is 3. The molecule has 0 radical (unpaired) electrons. The summed E-state index contributed by atoms with van der Waals surface area (Å²) >= 11 is 0. The van der Waals surface area contributed by atoms with Crippen LogP contribution in [0.5, 0.6) is 0 Å². The molecule has 0 bridgehead atoms. The monoisotopic (exact) mass is 386 g/mol. The van der Waals surface area contributed by atoms with Crippen LogP contribution in [0.15, 0.2) is 101 Å². The second-order valence-corrected chi connectivity index (χ2v) is 7.70. The molecule has 28 heavy (non-hydrogen) atoms. The molecule has 4 heteroatoms. The fourth-order valence-electron chi connectivity index (χ4n) is 2.65. The highest BCUT2D eigenvalue weighted by Gasteiger charge is 2.27. The highest BCUT2D eigenvalue weighted by molar-refractivity contribution is 8.18. The molecule has 3 rings (SSSR count). The Morgan fingerprint density at radius 1 is 0.786 bits per heavy atom. The third-order valence-electron chi connectivity index (χ3n) is 3.88. The van der Waals surface area contributed by atoms with E-state index in [1.54, 1.807) is 24.3 Å². The van der Waals surface area contributed by atoms with Crippen molar-refractivity contribution in [3.05, 3.63) is 96.6 Å². The third kappa shape index (κ3) is 4.46. The first-order chi connectivity index (χ1) is 13.7. The number of carbonyl (C=O) groups is 2. The van der Waals surface area contributed by atoms with Crippen LogP contribution >= 0.6 is 10.5 Å². The van der Waals surface area contributed by atoms with Gasteiger partial charge in [-0.3, -0.25) is 4.79 Å². The van der Waals surface area contributed by atoms with E-state index >= 15 is 0 Å². The van der Waals surface area contributed by atoms with Gasteiger partial charge in [0.2, 0.25) is 5.78 Å². The average Bonchev–Trinajstić information content (AvgIpc) is 2.77. The van der Waals surface area contributed by atoms with E-state index < -0.39 is 16.5 Å². The molecule has 3 nitrogen and oxygen atoms in total. The van der Waals surface area contributed by atoms with Crippen molar-refractivity contribution in [2.24, 2.45) is 0 Å². The van der Waals surface area contributed by atoms with Crippen molar-refractivity contribution in [3.63, 3.8) is 0 Å². The molecule has 0 heterocycles. The normalized spacial score (nSPS) is 10.1. The van der Waals surface area contributed by atoms with Gasteiger partial charge in [0.15, 0.2) is 6.61 Å². The number of benzene rings is 3. The summed E-state index contributed by atoms with van der Waals surface area (Å²) in [7, 11) is -0.929. The zero-order valence-corrected chi connectivity index (χ0v) is 15.9. The largest absolute Gasteiger partial charge is 0.448 e. The third-order valence-corrected chi connectivity index (χ3v) is 6.12. The van der Waals surface area contributed by atoms with Crippen LogP contribution in [-0.4, -0.2) is 23.2 Å². The Labute approximate surface area is 166 Å². The molecule has 0 aliphatic heterocycles. The molecule has 138 valence electrons. The van der Waals surface area contributed by atoms with Crippen molar-refractivity contribution in [3.8, 4) is 12.3 Å². The number of Topliss-reactive ketones (excluding diaryl/α,β-unsaturated/α-hetero) is 1. The lowest BCUT2D eigenvalue weighted by atomic mass is 10.1. The Morgan fingerprint density at radius 2 is 1.25 bits per heavy atom. The van der Waals surface area contributed by atoms with Gasteiger partial charge in [0.1, 0.15) is 4.86 Å². The van der Waals surface area contributed by atoms with Gasteiger partial charge < -0.3 is 4.74 Å². The first-order valence-corrected chi connectivity index (χ1v) is 9.86. The Hall–Kier alpha value is -3.42. The van der Waals surface area contributed by atoms with Crippen molar-refractivity contribution in [2.75, 3.05) is 6.61 Å². The highest BCUT2D eigenvalue weighted by Crippen LogP contribution is 2.38. The molecule has 0 fully saturated rings. The van der Waals surface area contributed by atoms with Gasteiger partial charge in [-0.25, -0.2) is 4.79 Å². The Balaban J connectivity index is 2.28. The lowest BCUT2D eigenvalue weighted by Crippen LogP contribution is -2.27. The minimum Gasteiger partial charge on any atom is -0.448 e. The fourth-order valence-corrected chi connectivity index (χ4v) is 4.78. The van der Waals surface area contributed by atoms with Gasteiger partial charge in [0.25, 0.3) is 0 Å². The van der Waals surface area contributed by atoms with E-state index in [-0.39, 0.29) is 17.3 Å². The zero-order valence-electron chi connectivity index (χ0n) is 15.1. The molecule has 0 saturated heterocycles. The summed E-state index contributed by atoms with van der Waals surface area (Å²) in [6, 6.07) is 27.7. The van der Waals surface area contributed by atoms with Crippen molar-refractivity contribution in [2.45, 2.75) is 9.79 Å². The van der Waals surface area contributed by atoms with Gasteiger partial charge in [-0.2, -0.15) is 0 Å². The maximum atomic E-state index is 13.4. The van der Waals surface area contributed by atoms with E-state index in [1.807, 2.05) is 66.7 Å². The molecule has 3 aromatic rings. The lowest BCUT2D eigenvalue weighted by molar-refractivity contribution is -0.133. The van der Waals surface area contributed by atoms with Gasteiger partial charge in [-0.05, 0) is 24.3 Å². The van der Waals surface area contributed by atoms with Crippen LogP contribution in [0.1, 0.15) is 10.4 Å². The van der Waals surface area contributed by atoms with Gasteiger partial charge in [0.05, 0.1) is 0 Å². The topological polar surface area (TPSA) is 43.4 Å². The molecule has 0 aromatic heterocycles. The SMILES string of the molecule is C#CCOC(=O)C(C(=O)c1ccccc1)=S(c1ccccc1)c1ccccc1. The van der Waals surface area contributed by atoms with Crippen LogP contribution < -0.4 is 0 Å². The maximum absolute atomic E-state index is 13.4. The molecule has 0 atom stereocenters. The Kier molecular flexibility index (Phi) is 6.56. The second-order valence-electron chi connectivity index (χ2n) is 5.74. The predicted molar refractivity (Wildman–Crippen MR) is 113 cm³/mol. The molecule has 0 aliphatic carbocycles. The smallest absolute Gasteiger partial charge is 0.349 e. The van der Waals surface area contributed by atoms with Crippen LogP contribution in [0.25, 0.3) is 0 Å². The van der Waals surface area contributed by atoms with Crippen LogP contribution in [0.3, 0.4) is 0 Å². The zero-order chi connectivity index (χ0) is 19.8. The van der Waals surface area contributed by atoms with E-state index in [0.29, 0.717) is 5.56 Å². The first kappa shape index (κ1) is 19.3. The molecule has 0 saturated carbocycles. The summed E-state index contributed by atoms with van der Waals surface area (Å²) in [6.07, 6.45) is 5.24. The summed E-state index contributed by atoms with van der Waals surface area (Å²) in [5, 5.41) is 0. The molecule has 3 aromatic carbocycles. The van der Waals surface area contributed by atoms with E-state index in [0.717, 1.165) is 9.79 Å². The van der Waals surface area contributed by atoms with E-state index in [1.165, 1.54) is 0 Å². The number of terminal acetylenes is 1. The van der Waals surface area contributed by atoms with E-state index in [9.17, 15) is 9.59 Å². The number of esters is 1. The number of hydrogen-bond donors (Lipinski definition) is 0. The standard InChI is InChI=1S/C24H18O3S/c1-2-18-27-24(26)23(22(25)19-12-6-3-7-13-19)28(20-14-8-4-9-15-20)21-16-10-5-11-17-21/h1,3-17H,18H2. The fraction of sp³-hybridized carbons (Fsp3) is 0.0417. The first-order valence-electron chi connectivity index (χ1n) is 8.64. The van der Waals surface area contributed by atoms with Crippen molar-refractivity contribution in [1.29, 1.82) is 0 Å². The van der Waals surface area contributed by atoms with Crippen LogP contribution in [0.4, 0.5) is 0 Å². The van der Waals surface area contributed by atoms with Gasteiger partial charge in [0, 0.05) is 15.4 Å². The number of rotatable bonds is 6. The molecular formula is C24H18O3S.